The average Bonchev–Trinajstić information content (AvgIpc) is 1.69. The third kappa shape index (κ3) is 5.96. The molecular formula is C6H12O. The van der Waals surface area contributed by atoms with Gasteiger partial charge < -0.3 is 4.74 Å². The highest BCUT2D eigenvalue weighted by Gasteiger charge is 1.79. The molecule has 0 saturated carbocycles. The van der Waals surface area contributed by atoms with E-state index in [0.717, 1.165) is 19.6 Å². The Hall–Kier alpha value is -0.0400. The predicted molar refractivity (Wildman–Crippen MR) is 30.0 cm³/mol. The van der Waals surface area contributed by atoms with Crippen molar-refractivity contribution in [3.8, 4) is 0 Å². The summed E-state index contributed by atoms with van der Waals surface area (Å²) in [5.41, 5.74) is 0. The molecule has 0 bridgehead atoms. The second-order valence-corrected chi connectivity index (χ2v) is 1.30. The van der Waals surface area contributed by atoms with E-state index in [0.29, 0.717) is 0 Å². The molecule has 0 N–H and O–H groups in total. The quantitative estimate of drug-likeness (QED) is 0.486. The lowest BCUT2D eigenvalue weighted by Gasteiger charge is -1.94. The van der Waals surface area contributed by atoms with Gasteiger partial charge in [-0.2, -0.15) is 0 Å². The van der Waals surface area contributed by atoms with Gasteiger partial charge in [-0.1, -0.05) is 6.92 Å². The highest BCUT2D eigenvalue weighted by atomic mass is 16.5. The van der Waals surface area contributed by atoms with E-state index in [9.17, 15) is 0 Å². The van der Waals surface area contributed by atoms with Gasteiger partial charge >= 0.3 is 0 Å². The molecule has 0 aromatic heterocycles. The molecule has 7 heavy (non-hydrogen) atoms. The molecular weight excluding hydrogens is 88.1 g/mol. The Bertz CT molecular complexity index is 23.4. The van der Waals surface area contributed by atoms with E-state index in [1.54, 1.807) is 0 Å². The number of unbranched alkanes of at least 4 members (excludes halogenated alkanes) is 1. The van der Waals surface area contributed by atoms with Crippen molar-refractivity contribution in [1.29, 1.82) is 0 Å². The smallest absolute Gasteiger partial charge is 0.0471 e. The minimum Gasteiger partial charge on any atom is -0.382 e. The average molecular weight is 100 g/mol. The maximum absolute atomic E-state index is 5.01. The van der Waals surface area contributed by atoms with E-state index >= 15 is 0 Å². The third-order valence-corrected chi connectivity index (χ3v) is 0.701. The molecule has 0 amide bonds. The van der Waals surface area contributed by atoms with E-state index in [4.69, 9.17) is 4.74 Å². The molecule has 0 aliphatic heterocycles. The molecule has 1 heteroatoms. The van der Waals surface area contributed by atoms with Crippen molar-refractivity contribution in [3.05, 3.63) is 6.42 Å². The van der Waals surface area contributed by atoms with Crippen LogP contribution in [-0.2, 0) is 4.74 Å². The molecule has 0 atom stereocenters. The van der Waals surface area contributed by atoms with Crippen molar-refractivity contribution in [1.82, 2.24) is 0 Å². The van der Waals surface area contributed by atoms with Crippen molar-refractivity contribution in [3.63, 3.8) is 0 Å². The van der Waals surface area contributed by atoms with E-state index in [2.05, 4.69) is 6.42 Å². The lowest BCUT2D eigenvalue weighted by Crippen LogP contribution is -1.91. The molecule has 0 aromatic carbocycles. The van der Waals surface area contributed by atoms with Crippen LogP contribution >= 0.6 is 0 Å². The first-order valence-corrected chi connectivity index (χ1v) is 2.64. The standard InChI is InChI=1S/C6H12O/c1-3-5-6-7-4-2/h4-6H2,1-2H3. The summed E-state index contributed by atoms with van der Waals surface area (Å²) in [7, 11) is 0. The summed E-state index contributed by atoms with van der Waals surface area (Å²) in [5.74, 6) is 0. The lowest BCUT2D eigenvalue weighted by molar-refractivity contribution is 0.150. The van der Waals surface area contributed by atoms with Gasteiger partial charge in [-0.05, 0) is 19.8 Å². The maximum Gasteiger partial charge on any atom is 0.0471 e. The normalized spacial score (nSPS) is 9.43. The summed E-state index contributed by atoms with van der Waals surface area (Å²) < 4.78 is 5.01. The fourth-order valence-corrected chi connectivity index (χ4v) is 0.319. The van der Waals surface area contributed by atoms with Crippen LogP contribution in [0.1, 0.15) is 20.3 Å². The van der Waals surface area contributed by atoms with Crippen molar-refractivity contribution in [2.45, 2.75) is 20.3 Å². The zero-order chi connectivity index (χ0) is 5.54. The lowest BCUT2D eigenvalue weighted by atomic mass is 10.4. The van der Waals surface area contributed by atoms with Gasteiger partial charge in [0.25, 0.3) is 0 Å². The second kappa shape index (κ2) is 5.96. The van der Waals surface area contributed by atoms with Gasteiger partial charge in [-0.3, -0.25) is 0 Å². The monoisotopic (exact) mass is 100 g/mol. The fourth-order valence-electron chi connectivity index (χ4n) is 0.319. The van der Waals surface area contributed by atoms with E-state index < -0.39 is 0 Å². The van der Waals surface area contributed by atoms with Crippen LogP contribution in [-0.4, -0.2) is 13.2 Å². The number of rotatable bonds is 4. The Morgan fingerprint density at radius 1 is 1.57 bits per heavy atom. The van der Waals surface area contributed by atoms with Gasteiger partial charge in [0, 0.05) is 13.2 Å². The number of ether oxygens (including phenoxy) is 1. The molecule has 0 spiro atoms. The Kier molecular flexibility index (Phi) is 5.93. The molecule has 0 aliphatic rings. The largest absolute Gasteiger partial charge is 0.382 e. The van der Waals surface area contributed by atoms with Crippen LogP contribution in [0.3, 0.4) is 0 Å². The van der Waals surface area contributed by atoms with Crippen molar-refractivity contribution in [2.75, 3.05) is 13.2 Å². The summed E-state index contributed by atoms with van der Waals surface area (Å²) >= 11 is 0. The predicted octanol–water partition coefficient (Wildman–Crippen LogP) is 1.51. The molecule has 1 nitrogen and oxygen atoms in total. The van der Waals surface area contributed by atoms with Crippen LogP contribution in [0, 0.1) is 6.42 Å². The van der Waals surface area contributed by atoms with Crippen LogP contribution in [0.2, 0.25) is 0 Å². The van der Waals surface area contributed by atoms with E-state index in [-0.39, 0.29) is 0 Å². The fraction of sp³-hybridized carbons (Fsp3) is 0.833. The van der Waals surface area contributed by atoms with Crippen LogP contribution in [0.5, 0.6) is 0 Å². The molecule has 42 valence electrons. The Morgan fingerprint density at radius 2 is 2.29 bits per heavy atom. The maximum atomic E-state index is 5.01. The van der Waals surface area contributed by atoms with Crippen LogP contribution in [0.15, 0.2) is 0 Å². The van der Waals surface area contributed by atoms with Gasteiger partial charge in [-0.25, -0.2) is 0 Å². The van der Waals surface area contributed by atoms with Crippen molar-refractivity contribution in [2.24, 2.45) is 0 Å². The summed E-state index contributed by atoms with van der Waals surface area (Å²) in [6.45, 7) is 5.56. The highest BCUT2D eigenvalue weighted by molar-refractivity contribution is 4.52. The molecule has 2 radical (unpaired) electrons. The molecule has 0 unspecified atom stereocenters. The van der Waals surface area contributed by atoms with Crippen LogP contribution < -0.4 is 0 Å². The number of hydrogen-bond acceptors (Lipinski definition) is 1. The van der Waals surface area contributed by atoms with Crippen LogP contribution in [0.4, 0.5) is 0 Å². The van der Waals surface area contributed by atoms with E-state index in [1.165, 1.54) is 0 Å². The first-order valence-electron chi connectivity index (χ1n) is 2.64. The first-order chi connectivity index (χ1) is 3.41. The minimum absolute atomic E-state index is 0.821. The minimum atomic E-state index is 0.821. The third-order valence-electron chi connectivity index (χ3n) is 0.701. The van der Waals surface area contributed by atoms with Gasteiger partial charge in [-0.15, -0.1) is 0 Å². The summed E-state index contributed by atoms with van der Waals surface area (Å²) in [6.07, 6.45) is 3.93. The number of hydrogen-bond donors (Lipinski definition) is 0. The van der Waals surface area contributed by atoms with Gasteiger partial charge in [0.2, 0.25) is 0 Å². The Morgan fingerprint density at radius 3 is 2.71 bits per heavy atom. The molecule has 0 aromatic rings. The summed E-state index contributed by atoms with van der Waals surface area (Å²) in [5, 5.41) is 0. The molecule has 0 aliphatic carbocycles. The van der Waals surface area contributed by atoms with Gasteiger partial charge in [0.15, 0.2) is 0 Å². The van der Waals surface area contributed by atoms with Crippen molar-refractivity contribution >= 4 is 0 Å². The Balaban J connectivity index is 2.45. The molecule has 0 heterocycles. The Labute approximate surface area is 45.7 Å². The van der Waals surface area contributed by atoms with Crippen molar-refractivity contribution < 1.29 is 4.74 Å². The molecule has 0 rings (SSSR count). The van der Waals surface area contributed by atoms with Gasteiger partial charge in [0.05, 0.1) is 0 Å². The zero-order valence-electron chi connectivity index (χ0n) is 5.03. The highest BCUT2D eigenvalue weighted by Crippen LogP contribution is 1.84. The summed E-state index contributed by atoms with van der Waals surface area (Å²) in [4.78, 5) is 0. The van der Waals surface area contributed by atoms with Gasteiger partial charge in [0.1, 0.15) is 0 Å². The molecule has 0 fully saturated rings. The summed E-state index contributed by atoms with van der Waals surface area (Å²) in [6, 6.07) is 0. The SMILES string of the molecule is C[C]CCOCC. The van der Waals surface area contributed by atoms with Crippen LogP contribution in [0.25, 0.3) is 0 Å². The topological polar surface area (TPSA) is 9.23 Å². The zero-order valence-corrected chi connectivity index (χ0v) is 5.03. The second-order valence-electron chi connectivity index (χ2n) is 1.30. The van der Waals surface area contributed by atoms with E-state index in [1.807, 2.05) is 13.8 Å². The molecule has 0 saturated heterocycles. The first kappa shape index (κ1) is 6.96.